The van der Waals surface area contributed by atoms with E-state index in [1.54, 1.807) is 75.4 Å². The molecular weight excluding hydrogens is 456 g/mol. The topological polar surface area (TPSA) is 93.7 Å². The summed E-state index contributed by atoms with van der Waals surface area (Å²) in [7, 11) is 0. The quantitative estimate of drug-likeness (QED) is 0.489. The number of para-hydroxylation sites is 1. The molecule has 0 aliphatic carbocycles. The van der Waals surface area contributed by atoms with E-state index in [2.05, 4.69) is 52.1 Å². The van der Waals surface area contributed by atoms with Gasteiger partial charge in [-0.15, -0.1) is 6.42 Å². The molecule has 0 unspecified atom stereocenters. The van der Waals surface area contributed by atoms with Gasteiger partial charge in [-0.05, 0) is 80.6 Å². The summed E-state index contributed by atoms with van der Waals surface area (Å²) in [6.07, 6.45) is 4.19. The molecule has 36 heavy (non-hydrogen) atoms. The molecule has 2 aromatic carbocycles. The summed E-state index contributed by atoms with van der Waals surface area (Å²) in [5, 5.41) is 5.15. The van der Waals surface area contributed by atoms with Crippen LogP contribution in [0.15, 0.2) is 54.6 Å². The number of anilines is 1. The first kappa shape index (κ1) is 27.1. The molecule has 0 aliphatic heterocycles. The van der Waals surface area contributed by atoms with Gasteiger partial charge in [0.25, 0.3) is 5.91 Å². The lowest BCUT2D eigenvalue weighted by atomic mass is 10.1. The molecule has 7 nitrogen and oxygen atoms in total. The Bertz CT molecular complexity index is 1330. The van der Waals surface area contributed by atoms with Crippen molar-refractivity contribution in [3.05, 3.63) is 65.7 Å². The molecule has 0 aromatic heterocycles. The highest BCUT2D eigenvalue weighted by Crippen LogP contribution is 2.15. The number of carbonyl (C=O) groups excluding carboxylic acids is 3. The molecule has 2 rings (SSSR count). The molecule has 0 spiro atoms. The smallest absolute Gasteiger partial charge is 0.408 e. The third-order valence-electron chi connectivity index (χ3n) is 4.10. The van der Waals surface area contributed by atoms with Crippen molar-refractivity contribution in [2.75, 3.05) is 11.9 Å². The van der Waals surface area contributed by atoms with Crippen LogP contribution in [0.1, 0.15) is 36.7 Å². The number of terminal acetylenes is 1. The maximum atomic E-state index is 13.1. The highest BCUT2D eigenvalue weighted by molar-refractivity contribution is 5.98. The number of benzene rings is 2. The monoisotopic (exact) mass is 480 g/mol. The second-order valence-corrected chi connectivity index (χ2v) is 8.09. The fourth-order valence-electron chi connectivity index (χ4n) is 2.60. The number of ether oxygens (including phenoxy) is 2. The summed E-state index contributed by atoms with van der Waals surface area (Å²) in [6.45, 7) is 4.64. The third kappa shape index (κ3) is 9.80. The number of carbonyl (C=O) groups is 3. The van der Waals surface area contributed by atoms with Gasteiger partial charge in [0, 0.05) is 5.56 Å². The zero-order valence-electron chi connectivity index (χ0n) is 20.1. The predicted octanol–water partition coefficient (Wildman–Crippen LogP) is 3.37. The van der Waals surface area contributed by atoms with Crippen LogP contribution < -0.4 is 10.6 Å². The van der Waals surface area contributed by atoms with Gasteiger partial charge in [-0.3, -0.25) is 4.79 Å². The van der Waals surface area contributed by atoms with Gasteiger partial charge >= 0.3 is 12.1 Å². The summed E-state index contributed by atoms with van der Waals surface area (Å²) < 4.78 is 10.5. The van der Waals surface area contributed by atoms with Crippen molar-refractivity contribution in [3.63, 3.8) is 0 Å². The van der Waals surface area contributed by atoms with E-state index in [-0.39, 0.29) is 0 Å². The van der Waals surface area contributed by atoms with Crippen molar-refractivity contribution < 1.29 is 23.9 Å². The second-order valence-electron chi connectivity index (χ2n) is 8.09. The van der Waals surface area contributed by atoms with E-state index in [9.17, 15) is 14.4 Å². The van der Waals surface area contributed by atoms with Crippen LogP contribution in [0, 0.1) is 47.9 Å². The lowest BCUT2D eigenvalue weighted by molar-refractivity contribution is -0.119. The Morgan fingerprint density at radius 3 is 2.25 bits per heavy atom. The van der Waals surface area contributed by atoms with Crippen molar-refractivity contribution in [1.29, 1.82) is 0 Å². The maximum absolute atomic E-state index is 13.1. The fraction of sp³-hybridized carbons (Fsp3) is 0.207. The number of esters is 1. The summed E-state index contributed by atoms with van der Waals surface area (Å²) in [5.41, 5.74) is 0.362. The van der Waals surface area contributed by atoms with E-state index in [1.165, 1.54) is 0 Å². The molecule has 7 heteroatoms. The molecule has 2 amide bonds. The van der Waals surface area contributed by atoms with Crippen molar-refractivity contribution in [2.45, 2.75) is 32.4 Å². The van der Waals surface area contributed by atoms with Crippen LogP contribution in [0.5, 0.6) is 0 Å². The molecule has 0 heterocycles. The van der Waals surface area contributed by atoms with Crippen LogP contribution in [0.3, 0.4) is 0 Å². The first-order valence-electron chi connectivity index (χ1n) is 10.8. The maximum Gasteiger partial charge on any atom is 0.408 e. The Morgan fingerprint density at radius 2 is 1.56 bits per heavy atom. The summed E-state index contributed by atoms with van der Waals surface area (Å²) in [4.78, 5) is 37.8. The Hall–Kier alpha value is -5.11. The molecule has 180 valence electrons. The van der Waals surface area contributed by atoms with Crippen molar-refractivity contribution in [1.82, 2.24) is 5.32 Å². The van der Waals surface area contributed by atoms with E-state index in [0.29, 0.717) is 16.8 Å². The van der Waals surface area contributed by atoms with Crippen LogP contribution in [0.25, 0.3) is 0 Å². The first-order valence-corrected chi connectivity index (χ1v) is 10.8. The Kier molecular flexibility index (Phi) is 10.2. The van der Waals surface area contributed by atoms with Gasteiger partial charge in [0.1, 0.15) is 18.2 Å². The predicted molar refractivity (Wildman–Crippen MR) is 136 cm³/mol. The van der Waals surface area contributed by atoms with Crippen LogP contribution >= 0.6 is 0 Å². The van der Waals surface area contributed by atoms with Crippen molar-refractivity contribution in [2.24, 2.45) is 0 Å². The van der Waals surface area contributed by atoms with E-state index >= 15 is 0 Å². The van der Waals surface area contributed by atoms with Crippen LogP contribution in [-0.2, 0) is 14.3 Å². The first-order chi connectivity index (χ1) is 17.2. The normalized spacial score (nSPS) is 10.3. The summed E-state index contributed by atoms with van der Waals surface area (Å²) >= 11 is 0. The molecule has 0 fully saturated rings. The SMILES string of the molecule is C#CC#CC#CC#Cc1ccccc1NC(=O)[C@@H](COC(=O)c1ccccc1)NC(=O)OC(C)(C)C. The number of hydrogen-bond acceptors (Lipinski definition) is 5. The second kappa shape index (κ2) is 13.6. The zero-order chi connectivity index (χ0) is 26.4. The molecule has 0 saturated carbocycles. The van der Waals surface area contributed by atoms with Crippen LogP contribution in [-0.4, -0.2) is 36.2 Å². The van der Waals surface area contributed by atoms with Gasteiger partial charge < -0.3 is 20.1 Å². The number of rotatable bonds is 6. The number of hydrogen-bond donors (Lipinski definition) is 2. The largest absolute Gasteiger partial charge is 0.459 e. The van der Waals surface area contributed by atoms with Crippen LogP contribution in [0.2, 0.25) is 0 Å². The number of amides is 2. The Morgan fingerprint density at radius 1 is 0.917 bits per heavy atom. The minimum atomic E-state index is -1.24. The van der Waals surface area contributed by atoms with Gasteiger partial charge in [0.05, 0.1) is 11.3 Å². The highest BCUT2D eigenvalue weighted by Gasteiger charge is 2.26. The van der Waals surface area contributed by atoms with Crippen molar-refractivity contribution >= 4 is 23.7 Å². The average Bonchev–Trinajstić information content (AvgIpc) is 2.84. The van der Waals surface area contributed by atoms with Gasteiger partial charge in [-0.1, -0.05) is 36.3 Å². The molecule has 2 aromatic rings. The number of alkyl carbamates (subject to hydrolysis) is 1. The lowest BCUT2D eigenvalue weighted by Crippen LogP contribution is -2.48. The highest BCUT2D eigenvalue weighted by atomic mass is 16.6. The summed E-state index contributed by atoms with van der Waals surface area (Å²) in [5.74, 6) is 16.1. The van der Waals surface area contributed by atoms with Gasteiger partial charge in [0.2, 0.25) is 0 Å². The van der Waals surface area contributed by atoms with E-state index < -0.39 is 36.2 Å². The zero-order valence-corrected chi connectivity index (χ0v) is 20.1. The Labute approximate surface area is 211 Å². The molecule has 0 saturated heterocycles. The molecule has 0 bridgehead atoms. The molecule has 0 radical (unpaired) electrons. The van der Waals surface area contributed by atoms with Crippen LogP contribution in [0.4, 0.5) is 10.5 Å². The minimum absolute atomic E-state index is 0.308. The summed E-state index contributed by atoms with van der Waals surface area (Å²) in [6, 6.07) is 13.8. The third-order valence-corrected chi connectivity index (χ3v) is 4.10. The minimum Gasteiger partial charge on any atom is -0.459 e. The van der Waals surface area contributed by atoms with Gasteiger partial charge in [-0.2, -0.15) is 0 Å². The average molecular weight is 481 g/mol. The molecular formula is C29H24N2O5. The van der Waals surface area contributed by atoms with Gasteiger partial charge in [0.15, 0.2) is 0 Å². The molecule has 2 N–H and O–H groups in total. The standard InChI is InChI=1S/C29H24N2O5/c1-5-6-7-8-9-11-16-22-17-14-15-20-24(22)30-26(32)25(31-28(34)36-29(2,3)4)21-35-27(33)23-18-12-10-13-19-23/h1,10,12-15,17-20,25H,21H2,2-4H3,(H,30,32)(H,31,34)/t25-/m1/s1. The Balaban J connectivity index is 2.20. The fourth-order valence-corrected chi connectivity index (χ4v) is 2.60. The van der Waals surface area contributed by atoms with Crippen molar-refractivity contribution in [3.8, 4) is 47.9 Å². The van der Waals surface area contributed by atoms with E-state index in [1.807, 2.05) is 0 Å². The van der Waals surface area contributed by atoms with E-state index in [4.69, 9.17) is 15.9 Å². The lowest BCUT2D eigenvalue weighted by Gasteiger charge is -2.23. The molecule has 0 aliphatic rings. The van der Waals surface area contributed by atoms with E-state index in [0.717, 1.165) is 0 Å². The number of nitrogens with one attached hydrogen (secondary N) is 2. The van der Waals surface area contributed by atoms with Gasteiger partial charge in [-0.25, -0.2) is 9.59 Å². The molecule has 1 atom stereocenters.